The first kappa shape index (κ1) is 13.3. The summed E-state index contributed by atoms with van der Waals surface area (Å²) in [5, 5.41) is 0.843. The summed E-state index contributed by atoms with van der Waals surface area (Å²) in [7, 11) is 3.37. The Morgan fingerprint density at radius 3 is 2.89 bits per heavy atom. The zero-order chi connectivity index (χ0) is 13.3. The minimum Gasteiger partial charge on any atom is -0.464 e. The fourth-order valence-electron chi connectivity index (χ4n) is 2.19. The van der Waals surface area contributed by atoms with E-state index in [-0.39, 0.29) is 12.1 Å². The lowest BCUT2D eigenvalue weighted by atomic mass is 10.1. The highest BCUT2D eigenvalue weighted by molar-refractivity contribution is 7.15. The average Bonchev–Trinajstić information content (AvgIpc) is 2.93. The maximum absolute atomic E-state index is 11.5. The molecule has 0 aliphatic carbocycles. The van der Waals surface area contributed by atoms with Gasteiger partial charge in [-0.05, 0) is 20.3 Å². The predicted molar refractivity (Wildman–Crippen MR) is 70.4 cm³/mol. The van der Waals surface area contributed by atoms with Crippen molar-refractivity contribution in [2.24, 2.45) is 0 Å². The Balaban J connectivity index is 2.21. The molecule has 1 aromatic rings. The van der Waals surface area contributed by atoms with E-state index in [1.807, 2.05) is 14.0 Å². The third-order valence-corrected chi connectivity index (χ3v) is 4.36. The number of aromatic nitrogens is 1. The van der Waals surface area contributed by atoms with Gasteiger partial charge >= 0.3 is 5.97 Å². The average molecular weight is 270 g/mol. The van der Waals surface area contributed by atoms with E-state index in [0.29, 0.717) is 11.7 Å². The molecular weight excluding hydrogens is 252 g/mol. The first-order valence-electron chi connectivity index (χ1n) is 5.94. The number of thiazole rings is 1. The summed E-state index contributed by atoms with van der Waals surface area (Å²) in [6, 6.07) is 0.320. The van der Waals surface area contributed by atoms with Gasteiger partial charge in [0, 0.05) is 18.5 Å². The number of methoxy groups -OCH3 is 1. The van der Waals surface area contributed by atoms with Crippen LogP contribution in [0.1, 0.15) is 28.7 Å². The smallest absolute Gasteiger partial charge is 0.357 e. The maximum Gasteiger partial charge on any atom is 0.357 e. The standard InChI is InChI=1S/C12H18N2O3S/c1-7-9(5-6-17-7)14(3)12-13-10(8(2)18-12)11(15)16-4/h7,9H,5-6H2,1-4H3. The highest BCUT2D eigenvalue weighted by atomic mass is 32.1. The second-order valence-corrected chi connectivity index (χ2v) is 5.62. The van der Waals surface area contributed by atoms with Gasteiger partial charge in [-0.3, -0.25) is 0 Å². The molecule has 1 aliphatic rings. The molecule has 0 aromatic carbocycles. The van der Waals surface area contributed by atoms with Crippen LogP contribution in [0.4, 0.5) is 5.13 Å². The van der Waals surface area contributed by atoms with Gasteiger partial charge in [0.2, 0.25) is 0 Å². The van der Waals surface area contributed by atoms with Gasteiger partial charge in [0.05, 0.1) is 19.3 Å². The molecule has 0 saturated carbocycles. The number of carbonyl (C=O) groups is 1. The van der Waals surface area contributed by atoms with Crippen molar-refractivity contribution >= 4 is 22.4 Å². The zero-order valence-corrected chi connectivity index (χ0v) is 11.9. The van der Waals surface area contributed by atoms with Crippen LogP contribution in [0.15, 0.2) is 0 Å². The van der Waals surface area contributed by atoms with Gasteiger partial charge in [0.15, 0.2) is 10.8 Å². The van der Waals surface area contributed by atoms with E-state index in [4.69, 9.17) is 9.47 Å². The SMILES string of the molecule is COC(=O)c1nc(N(C)C2CCOC2C)sc1C. The summed E-state index contributed by atoms with van der Waals surface area (Å²) in [6.45, 7) is 4.73. The number of esters is 1. The van der Waals surface area contributed by atoms with Crippen molar-refractivity contribution in [2.45, 2.75) is 32.4 Å². The monoisotopic (exact) mass is 270 g/mol. The summed E-state index contributed by atoms with van der Waals surface area (Å²) in [4.78, 5) is 18.9. The number of ether oxygens (including phenoxy) is 2. The summed E-state index contributed by atoms with van der Waals surface area (Å²) < 4.78 is 10.3. The van der Waals surface area contributed by atoms with Crippen LogP contribution in [0.2, 0.25) is 0 Å². The maximum atomic E-state index is 11.5. The van der Waals surface area contributed by atoms with E-state index >= 15 is 0 Å². The van der Waals surface area contributed by atoms with E-state index in [1.54, 1.807) is 0 Å². The zero-order valence-electron chi connectivity index (χ0n) is 11.1. The Bertz CT molecular complexity index is 447. The molecule has 2 atom stereocenters. The number of aryl methyl sites for hydroxylation is 1. The van der Waals surface area contributed by atoms with Crippen molar-refractivity contribution in [3.05, 3.63) is 10.6 Å². The van der Waals surface area contributed by atoms with E-state index < -0.39 is 0 Å². The molecule has 1 aromatic heterocycles. The highest BCUT2D eigenvalue weighted by Gasteiger charge is 2.30. The van der Waals surface area contributed by atoms with Crippen LogP contribution in [-0.2, 0) is 9.47 Å². The first-order valence-corrected chi connectivity index (χ1v) is 6.76. The Hall–Kier alpha value is -1.14. The molecule has 0 amide bonds. The van der Waals surface area contributed by atoms with Gasteiger partial charge < -0.3 is 14.4 Å². The second-order valence-electron chi connectivity index (χ2n) is 4.44. The molecule has 5 nitrogen and oxygen atoms in total. The van der Waals surface area contributed by atoms with Crippen molar-refractivity contribution in [1.29, 1.82) is 0 Å². The molecule has 0 N–H and O–H groups in total. The molecule has 0 bridgehead atoms. The molecule has 0 spiro atoms. The molecule has 1 fully saturated rings. The Morgan fingerprint density at radius 2 is 2.33 bits per heavy atom. The minimum atomic E-state index is -0.376. The molecule has 100 valence electrons. The molecule has 6 heteroatoms. The first-order chi connectivity index (χ1) is 8.54. The quantitative estimate of drug-likeness (QED) is 0.785. The van der Waals surface area contributed by atoms with Gasteiger partial charge in [-0.25, -0.2) is 9.78 Å². The second kappa shape index (κ2) is 5.24. The Morgan fingerprint density at radius 1 is 1.61 bits per heavy atom. The summed E-state index contributed by atoms with van der Waals surface area (Å²) in [5.74, 6) is -0.376. The lowest BCUT2D eigenvalue weighted by Crippen LogP contribution is -2.36. The van der Waals surface area contributed by atoms with E-state index in [1.165, 1.54) is 18.4 Å². The minimum absolute atomic E-state index is 0.195. The summed E-state index contributed by atoms with van der Waals surface area (Å²) in [5.41, 5.74) is 0.413. The van der Waals surface area contributed by atoms with Crippen LogP contribution < -0.4 is 4.90 Å². The number of nitrogens with zero attached hydrogens (tertiary/aromatic N) is 2. The third-order valence-electron chi connectivity index (χ3n) is 3.30. The van der Waals surface area contributed by atoms with Gasteiger partial charge in [0.25, 0.3) is 0 Å². The van der Waals surface area contributed by atoms with E-state index in [9.17, 15) is 4.79 Å². The molecule has 1 aliphatic heterocycles. The summed E-state index contributed by atoms with van der Waals surface area (Å²) in [6.07, 6.45) is 1.19. The van der Waals surface area contributed by atoms with Crippen LogP contribution in [0.3, 0.4) is 0 Å². The largest absolute Gasteiger partial charge is 0.464 e. The molecule has 2 rings (SSSR count). The fourth-order valence-corrected chi connectivity index (χ4v) is 3.11. The molecular formula is C12H18N2O3S. The third kappa shape index (κ3) is 2.35. The molecule has 2 unspecified atom stereocenters. The van der Waals surface area contributed by atoms with Crippen molar-refractivity contribution < 1.29 is 14.3 Å². The Labute approximate surface area is 111 Å². The number of rotatable bonds is 3. The lowest BCUT2D eigenvalue weighted by molar-refractivity contribution is 0.0594. The van der Waals surface area contributed by atoms with Crippen LogP contribution >= 0.6 is 11.3 Å². The number of anilines is 1. The van der Waals surface area contributed by atoms with Crippen molar-refractivity contribution in [2.75, 3.05) is 25.7 Å². The van der Waals surface area contributed by atoms with Gasteiger partial charge in [-0.2, -0.15) is 0 Å². The van der Waals surface area contributed by atoms with E-state index in [2.05, 4.69) is 16.8 Å². The molecule has 2 heterocycles. The van der Waals surface area contributed by atoms with Crippen molar-refractivity contribution in [1.82, 2.24) is 4.98 Å². The number of hydrogen-bond acceptors (Lipinski definition) is 6. The fraction of sp³-hybridized carbons (Fsp3) is 0.667. The van der Waals surface area contributed by atoms with Gasteiger partial charge in [-0.15, -0.1) is 11.3 Å². The van der Waals surface area contributed by atoms with Crippen LogP contribution in [-0.4, -0.2) is 43.9 Å². The van der Waals surface area contributed by atoms with Crippen LogP contribution in [0, 0.1) is 6.92 Å². The number of likely N-dealkylation sites (N-methyl/N-ethyl adjacent to an activating group) is 1. The van der Waals surface area contributed by atoms with Crippen molar-refractivity contribution in [3.63, 3.8) is 0 Å². The van der Waals surface area contributed by atoms with Crippen LogP contribution in [0.5, 0.6) is 0 Å². The predicted octanol–water partition coefficient (Wildman–Crippen LogP) is 1.85. The topological polar surface area (TPSA) is 51.7 Å². The lowest BCUT2D eigenvalue weighted by Gasteiger charge is -2.25. The normalized spacial score (nSPS) is 23.1. The van der Waals surface area contributed by atoms with Crippen LogP contribution in [0.25, 0.3) is 0 Å². The Kier molecular flexibility index (Phi) is 3.87. The number of carbonyl (C=O) groups excluding carboxylic acids is 1. The molecule has 18 heavy (non-hydrogen) atoms. The van der Waals surface area contributed by atoms with Gasteiger partial charge in [-0.1, -0.05) is 0 Å². The molecule has 1 saturated heterocycles. The number of hydrogen-bond donors (Lipinski definition) is 0. The highest BCUT2D eigenvalue weighted by Crippen LogP contribution is 2.30. The van der Waals surface area contributed by atoms with E-state index in [0.717, 1.165) is 23.0 Å². The van der Waals surface area contributed by atoms with Gasteiger partial charge in [0.1, 0.15) is 0 Å². The summed E-state index contributed by atoms with van der Waals surface area (Å²) >= 11 is 1.51. The van der Waals surface area contributed by atoms with Crippen molar-refractivity contribution in [3.8, 4) is 0 Å². The molecule has 0 radical (unpaired) electrons.